The van der Waals surface area contributed by atoms with Gasteiger partial charge in [-0.25, -0.2) is 4.98 Å². The molecule has 3 N–H and O–H groups in total. The van der Waals surface area contributed by atoms with Crippen LogP contribution in [0.5, 0.6) is 5.75 Å². The third-order valence-electron chi connectivity index (χ3n) is 4.08. The number of nitrogens with zero attached hydrogens (tertiary/aromatic N) is 3. The minimum absolute atomic E-state index is 0.508. The molecule has 7 nitrogen and oxygen atoms in total. The summed E-state index contributed by atoms with van der Waals surface area (Å²) in [5.41, 5.74) is 2.23. The highest BCUT2D eigenvalue weighted by Crippen LogP contribution is 2.18. The summed E-state index contributed by atoms with van der Waals surface area (Å²) in [5, 5.41) is 13.8. The number of methoxy groups -OCH3 is 1. The second-order valence-electron chi connectivity index (χ2n) is 5.92. The van der Waals surface area contributed by atoms with Gasteiger partial charge in [-0.2, -0.15) is 5.10 Å². The average molecular weight is 364 g/mol. The molecule has 0 aliphatic carbocycles. The minimum Gasteiger partial charge on any atom is -0.497 e. The molecule has 0 atom stereocenters. The summed E-state index contributed by atoms with van der Waals surface area (Å²) in [6.45, 7) is 1.31. The van der Waals surface area contributed by atoms with E-state index >= 15 is 0 Å². The zero-order valence-electron chi connectivity index (χ0n) is 15.6. The maximum atomic E-state index is 5.17. The van der Waals surface area contributed by atoms with E-state index in [9.17, 15) is 0 Å². The molecule has 1 aromatic heterocycles. The van der Waals surface area contributed by atoms with Gasteiger partial charge in [0, 0.05) is 19.2 Å². The van der Waals surface area contributed by atoms with Crippen molar-refractivity contribution in [3.05, 3.63) is 66.0 Å². The monoisotopic (exact) mass is 364 g/mol. The van der Waals surface area contributed by atoms with E-state index in [1.54, 1.807) is 14.2 Å². The Morgan fingerprint density at radius 1 is 1.07 bits per heavy atom. The molecule has 0 bridgehead atoms. The van der Waals surface area contributed by atoms with Crippen LogP contribution in [0.1, 0.15) is 11.4 Å². The van der Waals surface area contributed by atoms with Gasteiger partial charge >= 0.3 is 0 Å². The van der Waals surface area contributed by atoms with Crippen molar-refractivity contribution >= 4 is 5.96 Å². The van der Waals surface area contributed by atoms with E-state index in [0.717, 1.165) is 36.1 Å². The number of aromatic amines is 1. The summed E-state index contributed by atoms with van der Waals surface area (Å²) in [7, 11) is 3.40. The molecular formula is C20H24N6O. The zero-order chi connectivity index (χ0) is 18.9. The predicted molar refractivity (Wildman–Crippen MR) is 107 cm³/mol. The van der Waals surface area contributed by atoms with Gasteiger partial charge in [-0.15, -0.1) is 0 Å². The van der Waals surface area contributed by atoms with Gasteiger partial charge in [-0.05, 0) is 36.2 Å². The molecule has 0 aliphatic rings. The molecule has 140 valence electrons. The van der Waals surface area contributed by atoms with Gasteiger partial charge in [0.2, 0.25) is 0 Å². The van der Waals surface area contributed by atoms with Gasteiger partial charge in [-0.1, -0.05) is 30.3 Å². The summed E-state index contributed by atoms with van der Waals surface area (Å²) in [6, 6.07) is 18.0. The van der Waals surface area contributed by atoms with E-state index in [1.807, 2.05) is 42.5 Å². The fraction of sp³-hybridized carbons (Fsp3) is 0.250. The number of ether oxygens (including phenoxy) is 1. The summed E-state index contributed by atoms with van der Waals surface area (Å²) in [6.07, 6.45) is 0.936. The Morgan fingerprint density at radius 3 is 2.56 bits per heavy atom. The maximum absolute atomic E-state index is 5.17. The molecule has 0 spiro atoms. The number of H-pyrrole nitrogens is 1. The lowest BCUT2D eigenvalue weighted by Crippen LogP contribution is -2.38. The van der Waals surface area contributed by atoms with Crippen LogP contribution in [0, 0.1) is 0 Å². The summed E-state index contributed by atoms with van der Waals surface area (Å²) in [4.78, 5) is 8.75. The Hall–Kier alpha value is -3.35. The number of benzene rings is 2. The van der Waals surface area contributed by atoms with Crippen molar-refractivity contribution in [2.24, 2.45) is 4.99 Å². The number of rotatable bonds is 7. The third-order valence-corrected chi connectivity index (χ3v) is 4.08. The summed E-state index contributed by atoms with van der Waals surface area (Å²) in [5.74, 6) is 2.93. The van der Waals surface area contributed by atoms with Gasteiger partial charge in [-0.3, -0.25) is 10.1 Å². The lowest BCUT2D eigenvalue weighted by Gasteiger charge is -2.10. The number of hydrogen-bond acceptors (Lipinski definition) is 4. The topological polar surface area (TPSA) is 87.2 Å². The molecule has 0 saturated heterocycles. The van der Waals surface area contributed by atoms with Crippen LogP contribution < -0.4 is 15.4 Å². The van der Waals surface area contributed by atoms with Crippen LogP contribution in [-0.4, -0.2) is 41.8 Å². The number of guanidine groups is 1. The van der Waals surface area contributed by atoms with Crippen LogP contribution in [0.15, 0.2) is 59.6 Å². The molecule has 0 aliphatic heterocycles. The first kappa shape index (κ1) is 18.4. The number of aromatic nitrogens is 3. The molecule has 2 aromatic carbocycles. The summed E-state index contributed by atoms with van der Waals surface area (Å²) >= 11 is 0. The Kier molecular flexibility index (Phi) is 6.40. The van der Waals surface area contributed by atoms with Crippen molar-refractivity contribution in [3.63, 3.8) is 0 Å². The van der Waals surface area contributed by atoms with Crippen molar-refractivity contribution in [1.29, 1.82) is 0 Å². The molecule has 1 heterocycles. The van der Waals surface area contributed by atoms with E-state index in [1.165, 1.54) is 5.56 Å². The van der Waals surface area contributed by atoms with Gasteiger partial charge in [0.1, 0.15) is 11.6 Å². The van der Waals surface area contributed by atoms with Crippen molar-refractivity contribution in [1.82, 2.24) is 25.8 Å². The lowest BCUT2D eigenvalue weighted by molar-refractivity contribution is 0.415. The molecule has 3 rings (SSSR count). The molecule has 3 aromatic rings. The Morgan fingerprint density at radius 2 is 1.85 bits per heavy atom. The van der Waals surface area contributed by atoms with Gasteiger partial charge in [0.15, 0.2) is 11.8 Å². The molecule has 7 heteroatoms. The van der Waals surface area contributed by atoms with Crippen molar-refractivity contribution in [2.45, 2.75) is 13.0 Å². The maximum Gasteiger partial charge on any atom is 0.191 e. The minimum atomic E-state index is 0.508. The van der Waals surface area contributed by atoms with E-state index in [4.69, 9.17) is 4.74 Å². The third kappa shape index (κ3) is 5.31. The first-order valence-corrected chi connectivity index (χ1v) is 8.82. The van der Waals surface area contributed by atoms with E-state index < -0.39 is 0 Å². The first-order chi connectivity index (χ1) is 13.3. The Bertz CT molecular complexity index is 858. The van der Waals surface area contributed by atoms with Gasteiger partial charge < -0.3 is 15.4 Å². The molecule has 0 radical (unpaired) electrons. The standard InChI is InChI=1S/C20H24N6O/c1-21-20(22-13-12-15-6-4-3-5-7-15)23-14-18-24-19(26-25-18)16-8-10-17(27-2)11-9-16/h3-11H,12-14H2,1-2H3,(H2,21,22,23)(H,24,25,26). The van der Waals surface area contributed by atoms with Crippen molar-refractivity contribution in [2.75, 3.05) is 20.7 Å². The number of aliphatic imine (C=N–C) groups is 1. The zero-order valence-corrected chi connectivity index (χ0v) is 15.6. The van der Waals surface area contributed by atoms with Gasteiger partial charge in [0.05, 0.1) is 13.7 Å². The lowest BCUT2D eigenvalue weighted by atomic mass is 10.1. The van der Waals surface area contributed by atoms with E-state index in [0.29, 0.717) is 12.4 Å². The largest absolute Gasteiger partial charge is 0.497 e. The molecular weight excluding hydrogens is 340 g/mol. The average Bonchev–Trinajstić information content (AvgIpc) is 3.20. The normalized spacial score (nSPS) is 11.3. The van der Waals surface area contributed by atoms with Crippen LogP contribution in [0.25, 0.3) is 11.4 Å². The Balaban J connectivity index is 1.49. The second-order valence-corrected chi connectivity index (χ2v) is 5.92. The van der Waals surface area contributed by atoms with Crippen molar-refractivity contribution in [3.8, 4) is 17.1 Å². The van der Waals surface area contributed by atoms with Crippen LogP contribution >= 0.6 is 0 Å². The second kappa shape index (κ2) is 9.38. The van der Waals surface area contributed by atoms with Crippen LogP contribution in [-0.2, 0) is 13.0 Å². The number of nitrogens with one attached hydrogen (secondary N) is 3. The van der Waals surface area contributed by atoms with Crippen LogP contribution in [0.4, 0.5) is 0 Å². The quantitative estimate of drug-likeness (QED) is 0.443. The SMILES string of the molecule is CN=C(NCCc1ccccc1)NCc1nc(-c2ccc(OC)cc2)n[nH]1. The van der Waals surface area contributed by atoms with Crippen LogP contribution in [0.2, 0.25) is 0 Å². The smallest absolute Gasteiger partial charge is 0.191 e. The van der Waals surface area contributed by atoms with Crippen molar-refractivity contribution < 1.29 is 4.74 Å². The van der Waals surface area contributed by atoms with E-state index in [2.05, 4.69) is 42.9 Å². The highest BCUT2D eigenvalue weighted by molar-refractivity contribution is 5.79. The molecule has 0 saturated carbocycles. The highest BCUT2D eigenvalue weighted by Gasteiger charge is 2.07. The molecule has 27 heavy (non-hydrogen) atoms. The fourth-order valence-corrected chi connectivity index (χ4v) is 2.60. The van der Waals surface area contributed by atoms with Gasteiger partial charge in [0.25, 0.3) is 0 Å². The molecule has 0 amide bonds. The molecule has 0 fully saturated rings. The van der Waals surface area contributed by atoms with Crippen LogP contribution in [0.3, 0.4) is 0 Å². The fourth-order valence-electron chi connectivity index (χ4n) is 2.60. The summed E-state index contributed by atoms with van der Waals surface area (Å²) < 4.78 is 5.17. The Labute approximate surface area is 158 Å². The molecule has 0 unspecified atom stereocenters. The number of hydrogen-bond donors (Lipinski definition) is 3. The predicted octanol–water partition coefficient (Wildman–Crippen LogP) is 2.39. The first-order valence-electron chi connectivity index (χ1n) is 8.82. The van der Waals surface area contributed by atoms with E-state index in [-0.39, 0.29) is 0 Å². The highest BCUT2D eigenvalue weighted by atomic mass is 16.5.